The van der Waals surface area contributed by atoms with Crippen LogP contribution in [-0.2, 0) is 38.2 Å². The molecule has 0 saturated carbocycles. The van der Waals surface area contributed by atoms with E-state index < -0.39 is 12.1 Å². The van der Waals surface area contributed by atoms with E-state index in [1.165, 1.54) is 24.3 Å². The normalized spacial score (nSPS) is 25.9. The van der Waals surface area contributed by atoms with E-state index in [-0.39, 0.29) is 11.6 Å². The summed E-state index contributed by atoms with van der Waals surface area (Å²) in [6, 6.07) is 0. The van der Waals surface area contributed by atoms with Gasteiger partial charge in [0.05, 0.1) is 46.8 Å². The zero-order chi connectivity index (χ0) is 29.7. The molecule has 3 heterocycles. The van der Waals surface area contributed by atoms with Crippen LogP contribution in [0.4, 0.5) is 0 Å². The van der Waals surface area contributed by atoms with E-state index in [4.69, 9.17) is 43.5 Å². The molecular weight excluding hydrogens is 544 g/mol. The maximum atomic E-state index is 8.68. The maximum absolute atomic E-state index is 8.68. The summed E-state index contributed by atoms with van der Waals surface area (Å²) < 4.78 is 33.5. The van der Waals surface area contributed by atoms with Gasteiger partial charge in [-0.05, 0) is 32.3 Å². The topological polar surface area (TPSA) is 114 Å². The summed E-state index contributed by atoms with van der Waals surface area (Å²) >= 11 is 0. The van der Waals surface area contributed by atoms with Crippen LogP contribution in [-0.4, -0.2) is 87.2 Å². The van der Waals surface area contributed by atoms with Gasteiger partial charge in [-0.25, -0.2) is 9.78 Å². The first-order valence-corrected chi connectivity index (χ1v) is 15.1. The molecule has 6 rings (SSSR count). The van der Waals surface area contributed by atoms with Crippen LogP contribution in [0.15, 0.2) is 59.3 Å². The SMILES string of the molecule is CC1=CCC2(CC1)OCCO2.COOC/C=C/C1=CCC2(CC1)OCCO2.OC(O)/C=C/C1=CCC2(CC1)OCCO2. The third-order valence-corrected chi connectivity index (χ3v) is 8.14. The molecule has 0 unspecified atom stereocenters. The minimum Gasteiger partial charge on any atom is -0.365 e. The Morgan fingerprint density at radius 2 is 1.17 bits per heavy atom. The predicted octanol–water partition coefficient (Wildman–Crippen LogP) is 4.54. The number of hydrogen-bond acceptors (Lipinski definition) is 10. The van der Waals surface area contributed by atoms with Crippen molar-refractivity contribution in [1.82, 2.24) is 0 Å². The predicted molar refractivity (Wildman–Crippen MR) is 155 cm³/mol. The van der Waals surface area contributed by atoms with E-state index in [1.807, 2.05) is 12.2 Å². The second-order valence-electron chi connectivity index (χ2n) is 11.2. The zero-order valence-corrected chi connectivity index (χ0v) is 25.1. The van der Waals surface area contributed by atoms with Gasteiger partial charge < -0.3 is 38.6 Å². The summed E-state index contributed by atoms with van der Waals surface area (Å²) in [5.74, 6) is -0.935. The molecule has 2 N–H and O–H groups in total. The molecule has 6 aliphatic rings. The van der Waals surface area contributed by atoms with Crippen molar-refractivity contribution in [2.24, 2.45) is 0 Å². The molecule has 0 radical (unpaired) electrons. The molecule has 10 nitrogen and oxygen atoms in total. The Balaban J connectivity index is 0.000000147. The molecule has 0 aromatic rings. The van der Waals surface area contributed by atoms with Crippen LogP contribution in [0.2, 0.25) is 0 Å². The van der Waals surface area contributed by atoms with E-state index in [0.717, 1.165) is 89.8 Å². The molecule has 3 aliphatic heterocycles. The fourth-order valence-corrected chi connectivity index (χ4v) is 5.67. The minimum atomic E-state index is -1.37. The lowest BCUT2D eigenvalue weighted by Crippen LogP contribution is -2.31. The zero-order valence-electron chi connectivity index (χ0n) is 25.1. The maximum Gasteiger partial charge on any atom is 0.172 e. The van der Waals surface area contributed by atoms with Gasteiger partial charge in [-0.3, -0.25) is 0 Å². The first-order valence-electron chi connectivity index (χ1n) is 15.1. The van der Waals surface area contributed by atoms with Gasteiger partial charge in [0.1, 0.15) is 6.61 Å². The van der Waals surface area contributed by atoms with Crippen molar-refractivity contribution in [2.45, 2.75) is 88.4 Å². The average Bonchev–Trinajstić information content (AvgIpc) is 3.77. The van der Waals surface area contributed by atoms with E-state index in [9.17, 15) is 0 Å². The Morgan fingerprint density at radius 3 is 1.55 bits per heavy atom. The van der Waals surface area contributed by atoms with Crippen LogP contribution < -0.4 is 0 Å². The molecular formula is C32H48O10. The first-order chi connectivity index (χ1) is 20.4. The lowest BCUT2D eigenvalue weighted by Gasteiger charge is -2.29. The van der Waals surface area contributed by atoms with Crippen LogP contribution in [0.3, 0.4) is 0 Å². The summed E-state index contributed by atoms with van der Waals surface area (Å²) in [7, 11) is 1.51. The summed E-state index contributed by atoms with van der Waals surface area (Å²) in [5.41, 5.74) is 3.88. The Kier molecular flexibility index (Phi) is 13.0. The number of hydrogen-bond donors (Lipinski definition) is 2. The second-order valence-corrected chi connectivity index (χ2v) is 11.2. The number of ether oxygens (including phenoxy) is 6. The van der Waals surface area contributed by atoms with Crippen LogP contribution in [0, 0.1) is 0 Å². The molecule has 10 heteroatoms. The number of aliphatic hydroxyl groups excluding tert-OH is 1. The fraction of sp³-hybridized carbons (Fsp3) is 0.688. The fourth-order valence-electron chi connectivity index (χ4n) is 5.67. The number of aliphatic hydroxyl groups is 2. The molecule has 0 bridgehead atoms. The van der Waals surface area contributed by atoms with Crippen LogP contribution in [0.1, 0.15) is 64.7 Å². The molecule has 3 saturated heterocycles. The summed E-state index contributed by atoms with van der Waals surface area (Å²) in [5, 5.41) is 17.4. The molecule has 0 aromatic carbocycles. The van der Waals surface area contributed by atoms with E-state index in [2.05, 4.69) is 30.0 Å². The first kappa shape index (κ1) is 33.2. The molecule has 0 amide bonds. The van der Waals surface area contributed by atoms with E-state index in [1.54, 1.807) is 6.08 Å². The largest absolute Gasteiger partial charge is 0.365 e. The van der Waals surface area contributed by atoms with Crippen molar-refractivity contribution >= 4 is 0 Å². The van der Waals surface area contributed by atoms with Crippen molar-refractivity contribution in [1.29, 1.82) is 0 Å². The van der Waals surface area contributed by atoms with Crippen molar-refractivity contribution in [3.8, 4) is 0 Å². The highest BCUT2D eigenvalue weighted by Gasteiger charge is 2.38. The lowest BCUT2D eigenvalue weighted by molar-refractivity contribution is -0.263. The number of rotatable bonds is 6. The van der Waals surface area contributed by atoms with Gasteiger partial charge in [0, 0.05) is 38.5 Å². The smallest absolute Gasteiger partial charge is 0.172 e. The Bertz CT molecular complexity index is 977. The molecule has 0 aromatic heterocycles. The third-order valence-electron chi connectivity index (χ3n) is 8.14. The van der Waals surface area contributed by atoms with E-state index in [0.29, 0.717) is 19.8 Å². The highest BCUT2D eigenvalue weighted by atomic mass is 17.2. The molecule has 0 atom stereocenters. The van der Waals surface area contributed by atoms with E-state index >= 15 is 0 Å². The molecule has 236 valence electrons. The molecule has 3 fully saturated rings. The van der Waals surface area contributed by atoms with Gasteiger partial charge in [0.15, 0.2) is 23.7 Å². The van der Waals surface area contributed by atoms with Crippen molar-refractivity contribution in [3.63, 3.8) is 0 Å². The third kappa shape index (κ3) is 10.2. The van der Waals surface area contributed by atoms with Crippen LogP contribution in [0.5, 0.6) is 0 Å². The average molecular weight is 593 g/mol. The van der Waals surface area contributed by atoms with Gasteiger partial charge in [-0.1, -0.05) is 53.2 Å². The van der Waals surface area contributed by atoms with Gasteiger partial charge in [-0.15, -0.1) is 0 Å². The monoisotopic (exact) mass is 592 g/mol. The summed E-state index contributed by atoms with van der Waals surface area (Å²) in [6.07, 6.45) is 20.5. The highest BCUT2D eigenvalue weighted by molar-refractivity contribution is 5.23. The Hall–Kier alpha value is -1.70. The summed E-state index contributed by atoms with van der Waals surface area (Å²) in [6.45, 7) is 6.98. The Labute approximate surface area is 249 Å². The molecule has 3 spiro atoms. The quantitative estimate of drug-likeness (QED) is 0.150. The van der Waals surface area contributed by atoms with Gasteiger partial charge in [0.25, 0.3) is 0 Å². The minimum absolute atomic E-state index is 0.223. The molecule has 3 aliphatic carbocycles. The van der Waals surface area contributed by atoms with Gasteiger partial charge in [0.2, 0.25) is 0 Å². The van der Waals surface area contributed by atoms with Gasteiger partial charge in [-0.2, -0.15) is 0 Å². The van der Waals surface area contributed by atoms with Gasteiger partial charge >= 0.3 is 0 Å². The van der Waals surface area contributed by atoms with Crippen molar-refractivity contribution in [3.05, 3.63) is 59.3 Å². The summed E-state index contributed by atoms with van der Waals surface area (Å²) in [4.78, 5) is 9.25. The van der Waals surface area contributed by atoms with Crippen molar-refractivity contribution in [2.75, 3.05) is 53.4 Å². The molecule has 42 heavy (non-hydrogen) atoms. The Morgan fingerprint density at radius 1 is 0.714 bits per heavy atom. The highest BCUT2D eigenvalue weighted by Crippen LogP contribution is 2.37. The lowest BCUT2D eigenvalue weighted by atomic mass is 9.94. The van der Waals surface area contributed by atoms with Crippen molar-refractivity contribution < 1.29 is 48.4 Å². The van der Waals surface area contributed by atoms with Crippen LogP contribution in [0.25, 0.3) is 0 Å². The van der Waals surface area contributed by atoms with Crippen LogP contribution >= 0.6 is 0 Å². The standard InChI is InChI=1S/C12H18O4.C11H16O4.C9H14O2/c1-13-16-8-2-3-11-4-6-12(7-5-11)14-9-10-15-12;12-10(13)2-1-9-3-5-11(6-4-9)14-7-8-15-11;1-8-2-4-9(5-3-8)10-6-7-11-9/h2-4H,5-10H2,1H3;1-3,10,12-13H,4-8H2;2H,3-7H2,1H3/b3-2+;2-1+;. The second kappa shape index (κ2) is 16.4. The number of allylic oxidation sites excluding steroid dienone is 5.